The minimum absolute atomic E-state index is 0.00478. The van der Waals surface area contributed by atoms with Crippen LogP contribution in [0.3, 0.4) is 0 Å². The molecule has 1 aromatic rings. The number of amides is 7. The smallest absolute Gasteiger partial charge is 0.326 e. The maximum Gasteiger partial charge on any atom is 0.326 e. The van der Waals surface area contributed by atoms with Crippen molar-refractivity contribution in [2.45, 2.75) is 167 Å². The number of likely N-dealkylation sites (tertiary alicyclic amines) is 1. The van der Waals surface area contributed by atoms with E-state index in [-0.39, 0.29) is 57.1 Å². The number of nitrogens with two attached hydrogens (primary N) is 1. The van der Waals surface area contributed by atoms with Gasteiger partial charge in [-0.1, -0.05) is 84.7 Å². The van der Waals surface area contributed by atoms with Crippen LogP contribution in [0, 0.1) is 23.2 Å². The van der Waals surface area contributed by atoms with Crippen LogP contribution < -0.4 is 48.3 Å². The first-order valence-electron chi connectivity index (χ1n) is 24.1. The molecule has 3 rings (SSSR count). The molecular formula is C47H77N11O10. The lowest BCUT2D eigenvalue weighted by molar-refractivity contribution is -0.144. The number of benzene rings is 1. The van der Waals surface area contributed by atoms with Gasteiger partial charge in [0.2, 0.25) is 41.4 Å². The Bertz CT molecular complexity index is 1880. The summed E-state index contributed by atoms with van der Waals surface area (Å²) < 4.78 is 0. The van der Waals surface area contributed by atoms with E-state index in [9.17, 15) is 48.6 Å². The number of aliphatic hydroxyl groups is 1. The van der Waals surface area contributed by atoms with E-state index in [0.29, 0.717) is 37.8 Å². The summed E-state index contributed by atoms with van der Waals surface area (Å²) in [5.41, 5.74) is 6.00. The van der Waals surface area contributed by atoms with E-state index in [0.717, 1.165) is 6.42 Å². The number of carboxylic acids is 1. The van der Waals surface area contributed by atoms with Crippen molar-refractivity contribution in [1.29, 1.82) is 5.41 Å². The number of aliphatic carboxylic acids is 1. The van der Waals surface area contributed by atoms with Gasteiger partial charge in [-0.05, 0) is 81.7 Å². The molecule has 2 fully saturated rings. The average Bonchev–Trinajstić information content (AvgIpc) is 4.03. The Morgan fingerprint density at radius 2 is 1.32 bits per heavy atom. The average molecular weight is 956 g/mol. The van der Waals surface area contributed by atoms with Crippen LogP contribution in [0.5, 0.6) is 0 Å². The normalized spacial score (nSPS) is 19.7. The van der Waals surface area contributed by atoms with Gasteiger partial charge in [-0.2, -0.15) is 0 Å². The predicted octanol–water partition coefficient (Wildman–Crippen LogP) is -0.252. The fraction of sp³-hybridized carbons (Fsp3) is 0.681. The standard InChI is InChI=1S/C47H77N11O10/c1-8-27(5)36(43(64)54-34(25-30-16-11-10-12-17-30)40(61)52-32(46(67)68)19-14-22-51-47(48)49)55-41(62)33(24-26(3)4)53-44(65)37(28(6)9-2)56-42(63)35-20-15-23-58(35)45(66)38(29(7)59)57-39(60)31-18-13-21-50-31/h10-12,16-17,26-29,31-38,50,59H,8-9,13-15,18-25H2,1-7H3,(H,52,61)(H,53,65)(H,54,64)(H,55,62)(H,56,63)(H,57,60)(H,67,68)(H4,48,49,51)/t27-,28-,29+,31-,32-,33-,34-,35-,36-,37-,38-/m0/s1. The molecule has 21 heteroatoms. The van der Waals surface area contributed by atoms with Gasteiger partial charge in [-0.25, -0.2) is 4.79 Å². The summed E-state index contributed by atoms with van der Waals surface area (Å²) in [5.74, 6) is -7.03. The van der Waals surface area contributed by atoms with Crippen LogP contribution >= 0.6 is 0 Å². The summed E-state index contributed by atoms with van der Waals surface area (Å²) in [6.45, 7) is 13.3. The molecule has 0 saturated carbocycles. The first-order valence-corrected chi connectivity index (χ1v) is 24.1. The molecule has 7 amide bonds. The number of carbonyl (C=O) groups is 8. The lowest BCUT2D eigenvalue weighted by Crippen LogP contribution is -2.62. The van der Waals surface area contributed by atoms with Gasteiger partial charge in [0.05, 0.1) is 12.1 Å². The zero-order chi connectivity index (χ0) is 50.7. The van der Waals surface area contributed by atoms with E-state index in [4.69, 9.17) is 11.1 Å². The first kappa shape index (κ1) is 56.5. The molecule has 0 unspecified atom stereocenters. The lowest BCUT2D eigenvalue weighted by atomic mass is 9.94. The quantitative estimate of drug-likeness (QED) is 0.0308. The second-order valence-electron chi connectivity index (χ2n) is 18.6. The second kappa shape index (κ2) is 27.9. The Kier molecular flexibility index (Phi) is 23.1. The molecule has 0 spiro atoms. The summed E-state index contributed by atoms with van der Waals surface area (Å²) >= 11 is 0. The van der Waals surface area contributed by atoms with E-state index in [1.165, 1.54) is 11.8 Å². The van der Waals surface area contributed by atoms with Gasteiger partial charge >= 0.3 is 5.97 Å². The molecule has 380 valence electrons. The van der Waals surface area contributed by atoms with Gasteiger partial charge in [-0.15, -0.1) is 0 Å². The van der Waals surface area contributed by atoms with Gasteiger partial charge < -0.3 is 63.4 Å². The maximum atomic E-state index is 14.3. The van der Waals surface area contributed by atoms with Crippen LogP contribution in [-0.2, 0) is 44.8 Å². The third-order valence-corrected chi connectivity index (χ3v) is 12.7. The van der Waals surface area contributed by atoms with Crippen LogP contribution in [0.25, 0.3) is 0 Å². The summed E-state index contributed by atoms with van der Waals surface area (Å²) in [4.78, 5) is 111. The minimum Gasteiger partial charge on any atom is -0.480 e. The number of guanidine groups is 1. The molecule has 2 aliphatic heterocycles. The van der Waals surface area contributed by atoms with Crippen molar-refractivity contribution >= 4 is 53.3 Å². The largest absolute Gasteiger partial charge is 0.480 e. The van der Waals surface area contributed by atoms with Crippen LogP contribution in [0.4, 0.5) is 0 Å². The third kappa shape index (κ3) is 17.4. The molecule has 11 atom stereocenters. The minimum atomic E-state index is -1.32. The number of rotatable bonds is 27. The van der Waals surface area contributed by atoms with Crippen molar-refractivity contribution in [2.24, 2.45) is 23.5 Å². The highest BCUT2D eigenvalue weighted by molar-refractivity contribution is 5.98. The summed E-state index contributed by atoms with van der Waals surface area (Å²) in [5, 5.41) is 49.9. The van der Waals surface area contributed by atoms with E-state index >= 15 is 0 Å². The molecule has 2 heterocycles. The Morgan fingerprint density at radius 3 is 1.87 bits per heavy atom. The first-order chi connectivity index (χ1) is 32.2. The number of aliphatic hydroxyl groups excluding tert-OH is 1. The van der Waals surface area contributed by atoms with E-state index in [2.05, 4.69) is 42.5 Å². The van der Waals surface area contributed by atoms with Crippen LogP contribution in [0.1, 0.15) is 112 Å². The Balaban J connectivity index is 1.81. The number of carboxylic acid groups (broad SMARTS) is 1. The third-order valence-electron chi connectivity index (χ3n) is 12.7. The van der Waals surface area contributed by atoms with Crippen molar-refractivity contribution in [3.05, 3.63) is 35.9 Å². The zero-order valence-electron chi connectivity index (χ0n) is 40.7. The SMILES string of the molecule is CC[C@H](C)[C@H](NC(=O)[C@H](CC(C)C)NC(=O)[C@@H](NC(=O)[C@@H]1CCCN1C(=O)[C@@H](NC(=O)[C@@H]1CCCN1)[C@@H](C)O)[C@@H](C)CC)C(=O)N[C@@H](Cc1ccccc1)C(=O)N[C@@H](CCCNC(=N)N)C(=O)O. The van der Waals surface area contributed by atoms with E-state index < -0.39 is 114 Å². The van der Waals surface area contributed by atoms with Crippen LogP contribution in [-0.4, -0.2) is 142 Å². The fourth-order valence-electron chi connectivity index (χ4n) is 8.28. The monoisotopic (exact) mass is 956 g/mol. The van der Waals surface area contributed by atoms with Crippen molar-refractivity contribution in [1.82, 2.24) is 47.4 Å². The molecule has 0 bridgehead atoms. The van der Waals surface area contributed by atoms with Gasteiger partial charge in [-0.3, -0.25) is 39.0 Å². The Morgan fingerprint density at radius 1 is 0.750 bits per heavy atom. The highest BCUT2D eigenvalue weighted by atomic mass is 16.4. The van der Waals surface area contributed by atoms with Crippen molar-refractivity contribution in [3.63, 3.8) is 0 Å². The van der Waals surface area contributed by atoms with Gasteiger partial charge in [0, 0.05) is 19.5 Å². The van der Waals surface area contributed by atoms with Crippen LogP contribution in [0.15, 0.2) is 30.3 Å². The van der Waals surface area contributed by atoms with Crippen molar-refractivity contribution in [3.8, 4) is 0 Å². The Hall–Kier alpha value is -5.83. The van der Waals surface area contributed by atoms with Crippen molar-refractivity contribution < 1.29 is 48.6 Å². The summed E-state index contributed by atoms with van der Waals surface area (Å²) in [6.07, 6.45) is 2.18. The molecule has 68 heavy (non-hydrogen) atoms. The fourth-order valence-corrected chi connectivity index (χ4v) is 8.28. The molecule has 13 N–H and O–H groups in total. The molecule has 2 saturated heterocycles. The highest BCUT2D eigenvalue weighted by Crippen LogP contribution is 2.22. The summed E-state index contributed by atoms with van der Waals surface area (Å²) in [7, 11) is 0. The molecule has 2 aliphatic rings. The summed E-state index contributed by atoms with van der Waals surface area (Å²) in [6, 6.07) is -0.0504. The predicted molar refractivity (Wildman–Crippen MR) is 254 cm³/mol. The molecule has 1 aromatic carbocycles. The van der Waals surface area contributed by atoms with Gasteiger partial charge in [0.25, 0.3) is 0 Å². The number of nitrogens with zero attached hydrogens (tertiary/aromatic N) is 1. The molecular weight excluding hydrogens is 879 g/mol. The second-order valence-corrected chi connectivity index (χ2v) is 18.6. The number of carbonyl (C=O) groups excluding carboxylic acids is 7. The Labute approximate surface area is 399 Å². The lowest BCUT2D eigenvalue weighted by Gasteiger charge is -2.33. The molecule has 0 radical (unpaired) electrons. The number of hydrogen-bond donors (Lipinski definition) is 12. The number of nitrogens with one attached hydrogen (secondary N) is 9. The van der Waals surface area contributed by atoms with Gasteiger partial charge in [0.15, 0.2) is 5.96 Å². The topological polar surface area (TPSA) is 326 Å². The zero-order valence-corrected chi connectivity index (χ0v) is 40.7. The van der Waals surface area contributed by atoms with Crippen molar-refractivity contribution in [2.75, 3.05) is 19.6 Å². The highest BCUT2D eigenvalue weighted by Gasteiger charge is 2.42. The van der Waals surface area contributed by atoms with E-state index in [1.807, 2.05) is 27.7 Å². The maximum absolute atomic E-state index is 14.3. The van der Waals surface area contributed by atoms with Gasteiger partial charge in [0.1, 0.15) is 42.3 Å². The molecule has 0 aromatic heterocycles. The van der Waals surface area contributed by atoms with E-state index in [1.54, 1.807) is 44.2 Å². The molecule has 0 aliphatic carbocycles. The number of hydrogen-bond acceptors (Lipinski definition) is 11. The van der Waals surface area contributed by atoms with Crippen LogP contribution in [0.2, 0.25) is 0 Å². The molecule has 21 nitrogen and oxygen atoms in total.